The molecule has 0 spiro atoms. The van der Waals surface area contributed by atoms with E-state index in [2.05, 4.69) is 5.32 Å². The van der Waals surface area contributed by atoms with Crippen molar-refractivity contribution in [1.29, 1.82) is 0 Å². The lowest BCUT2D eigenvalue weighted by atomic mass is 10.1. The number of anilines is 1. The fourth-order valence-corrected chi connectivity index (χ4v) is 4.44. The number of nitrogens with zero attached hydrogens (tertiary/aromatic N) is 3. The van der Waals surface area contributed by atoms with Gasteiger partial charge in [-0.25, -0.2) is 13.8 Å². The van der Waals surface area contributed by atoms with Crippen molar-refractivity contribution >= 4 is 34.4 Å². The molecule has 2 heterocycles. The van der Waals surface area contributed by atoms with E-state index < -0.39 is 17.5 Å². The Bertz CT molecular complexity index is 1380. The number of nitrogens with one attached hydrogen (secondary N) is 1. The molecule has 0 atom stereocenters. The molecular formula is C24H22F2N4O2S. The largest absolute Gasteiger partial charge is 0.344 e. The van der Waals surface area contributed by atoms with Crippen LogP contribution in [0.5, 0.6) is 0 Å². The van der Waals surface area contributed by atoms with Crippen LogP contribution in [0.1, 0.15) is 13.3 Å². The molecule has 170 valence electrons. The van der Waals surface area contributed by atoms with Gasteiger partial charge in [-0.05, 0) is 24.1 Å². The summed E-state index contributed by atoms with van der Waals surface area (Å²) in [5, 5.41) is 2.84. The molecule has 1 N–H and O–H groups in total. The Morgan fingerprint density at radius 3 is 2.61 bits per heavy atom. The van der Waals surface area contributed by atoms with Crippen molar-refractivity contribution in [3.8, 4) is 11.1 Å². The first-order chi connectivity index (χ1) is 15.9. The van der Waals surface area contributed by atoms with Crippen molar-refractivity contribution in [2.45, 2.75) is 25.0 Å². The highest BCUT2D eigenvalue weighted by Gasteiger charge is 2.19. The van der Waals surface area contributed by atoms with Crippen LogP contribution in [0.3, 0.4) is 0 Å². The van der Waals surface area contributed by atoms with Crippen molar-refractivity contribution in [2.24, 2.45) is 7.05 Å². The molecule has 4 rings (SSSR count). The van der Waals surface area contributed by atoms with Gasteiger partial charge in [-0.15, -0.1) is 0 Å². The van der Waals surface area contributed by atoms with Gasteiger partial charge in [0.1, 0.15) is 22.7 Å². The van der Waals surface area contributed by atoms with Crippen molar-refractivity contribution < 1.29 is 13.6 Å². The fourth-order valence-electron chi connectivity index (χ4n) is 3.62. The number of aromatic nitrogens is 3. The monoisotopic (exact) mass is 468 g/mol. The molecule has 6 nitrogen and oxygen atoms in total. The number of rotatable bonds is 7. The first-order valence-corrected chi connectivity index (χ1v) is 11.4. The molecule has 0 aliphatic rings. The molecule has 2 aromatic carbocycles. The summed E-state index contributed by atoms with van der Waals surface area (Å²) in [5.74, 6) is -2.16. The molecule has 0 bridgehead atoms. The van der Waals surface area contributed by atoms with E-state index in [0.29, 0.717) is 35.2 Å². The van der Waals surface area contributed by atoms with E-state index in [-0.39, 0.29) is 17.0 Å². The number of carbonyl (C=O) groups excluding carboxylic acids is 1. The summed E-state index contributed by atoms with van der Waals surface area (Å²) in [6.45, 7) is 2.40. The number of hydrogen-bond acceptors (Lipinski definition) is 4. The first kappa shape index (κ1) is 22.7. The molecule has 0 saturated carbocycles. The van der Waals surface area contributed by atoms with Crippen LogP contribution >= 0.6 is 11.8 Å². The van der Waals surface area contributed by atoms with E-state index in [1.807, 2.05) is 50.5 Å². The highest BCUT2D eigenvalue weighted by Crippen LogP contribution is 2.29. The molecule has 0 saturated heterocycles. The van der Waals surface area contributed by atoms with Crippen LogP contribution < -0.4 is 10.9 Å². The zero-order valence-electron chi connectivity index (χ0n) is 18.1. The molecule has 33 heavy (non-hydrogen) atoms. The quantitative estimate of drug-likeness (QED) is 0.312. The number of benzene rings is 2. The number of thioether (sulfide) groups is 1. The maximum atomic E-state index is 13.9. The molecule has 4 aromatic rings. The number of halogens is 2. The van der Waals surface area contributed by atoms with Crippen LogP contribution in [0.15, 0.2) is 64.7 Å². The highest BCUT2D eigenvalue weighted by molar-refractivity contribution is 7.99. The Kier molecular flexibility index (Phi) is 6.60. The maximum absolute atomic E-state index is 13.9. The molecule has 2 aromatic heterocycles. The highest BCUT2D eigenvalue weighted by atomic mass is 32.2. The Morgan fingerprint density at radius 1 is 1.15 bits per heavy atom. The van der Waals surface area contributed by atoms with Crippen LogP contribution in [-0.2, 0) is 18.4 Å². The lowest BCUT2D eigenvalue weighted by molar-refractivity contribution is -0.113. The summed E-state index contributed by atoms with van der Waals surface area (Å²) >= 11 is 1.10. The molecule has 9 heteroatoms. The normalized spacial score (nSPS) is 11.2. The standard InChI is InChI=1S/C24H22F2N4O2S/c1-3-11-30-23(32)22-21(17(13-29(22)2)15-7-5-4-6-8-15)28-24(30)33-14-20(31)27-19-10-9-16(25)12-18(19)26/h4-10,12-13H,3,11,14H2,1-2H3,(H,27,31). The Labute approximate surface area is 193 Å². The van der Waals surface area contributed by atoms with E-state index in [1.165, 1.54) is 6.07 Å². The summed E-state index contributed by atoms with van der Waals surface area (Å²) in [6.07, 6.45) is 2.59. The van der Waals surface area contributed by atoms with Gasteiger partial charge in [0.05, 0.1) is 11.4 Å². The van der Waals surface area contributed by atoms with Gasteiger partial charge in [0.25, 0.3) is 5.56 Å². The van der Waals surface area contributed by atoms with E-state index in [1.54, 1.807) is 9.13 Å². The van der Waals surface area contributed by atoms with Gasteiger partial charge < -0.3 is 9.88 Å². The average molecular weight is 469 g/mol. The molecular weight excluding hydrogens is 446 g/mol. The SMILES string of the molecule is CCCn1c(SCC(=O)Nc2ccc(F)cc2F)nc2c(-c3ccccc3)cn(C)c2c1=O. The number of amides is 1. The first-order valence-electron chi connectivity index (χ1n) is 10.4. The minimum absolute atomic E-state index is 0.0913. The van der Waals surface area contributed by atoms with E-state index in [9.17, 15) is 18.4 Å². The van der Waals surface area contributed by atoms with Gasteiger partial charge in [0, 0.05) is 31.4 Å². The predicted molar refractivity (Wildman–Crippen MR) is 126 cm³/mol. The zero-order valence-corrected chi connectivity index (χ0v) is 19.0. The van der Waals surface area contributed by atoms with E-state index in [4.69, 9.17) is 4.98 Å². The third kappa shape index (κ3) is 4.68. The van der Waals surface area contributed by atoms with Gasteiger partial charge in [0.2, 0.25) is 5.91 Å². The zero-order chi connectivity index (χ0) is 23.5. The van der Waals surface area contributed by atoms with E-state index >= 15 is 0 Å². The molecule has 0 fully saturated rings. The van der Waals surface area contributed by atoms with Gasteiger partial charge in [0.15, 0.2) is 5.16 Å². The number of carbonyl (C=O) groups is 1. The van der Waals surface area contributed by atoms with Crippen LogP contribution in [0.2, 0.25) is 0 Å². The molecule has 0 radical (unpaired) electrons. The van der Waals surface area contributed by atoms with Gasteiger partial charge in [-0.2, -0.15) is 0 Å². The van der Waals surface area contributed by atoms with Crippen LogP contribution in [0, 0.1) is 11.6 Å². The third-order valence-electron chi connectivity index (χ3n) is 5.11. The second kappa shape index (κ2) is 9.58. The smallest absolute Gasteiger partial charge is 0.278 e. The summed E-state index contributed by atoms with van der Waals surface area (Å²) in [5.41, 5.74) is 2.53. The van der Waals surface area contributed by atoms with Crippen LogP contribution in [-0.4, -0.2) is 25.8 Å². The topological polar surface area (TPSA) is 68.9 Å². The van der Waals surface area contributed by atoms with Gasteiger partial charge >= 0.3 is 0 Å². The number of aryl methyl sites for hydroxylation is 1. The molecule has 1 amide bonds. The fraction of sp³-hybridized carbons (Fsp3) is 0.208. The average Bonchev–Trinajstić information content (AvgIpc) is 3.13. The van der Waals surface area contributed by atoms with Crippen LogP contribution in [0.25, 0.3) is 22.2 Å². The summed E-state index contributed by atoms with van der Waals surface area (Å²) in [4.78, 5) is 30.5. The molecule has 0 unspecified atom stereocenters. The summed E-state index contributed by atoms with van der Waals surface area (Å²) in [7, 11) is 1.81. The van der Waals surface area contributed by atoms with Gasteiger partial charge in [-0.3, -0.25) is 14.2 Å². The predicted octanol–water partition coefficient (Wildman–Crippen LogP) is 4.82. The van der Waals surface area contributed by atoms with Crippen molar-refractivity contribution in [1.82, 2.24) is 14.1 Å². The summed E-state index contributed by atoms with van der Waals surface area (Å²) in [6, 6.07) is 12.6. The van der Waals surface area contributed by atoms with E-state index in [0.717, 1.165) is 29.0 Å². The maximum Gasteiger partial charge on any atom is 0.278 e. The van der Waals surface area contributed by atoms with Gasteiger partial charge in [-0.1, -0.05) is 49.0 Å². The second-order valence-corrected chi connectivity index (χ2v) is 8.47. The minimum Gasteiger partial charge on any atom is -0.344 e. The lowest BCUT2D eigenvalue weighted by Gasteiger charge is -2.12. The Balaban J connectivity index is 1.68. The lowest BCUT2D eigenvalue weighted by Crippen LogP contribution is -2.25. The molecule has 0 aliphatic heterocycles. The Morgan fingerprint density at radius 2 is 1.91 bits per heavy atom. The van der Waals surface area contributed by atoms with Crippen molar-refractivity contribution in [2.75, 3.05) is 11.1 Å². The third-order valence-corrected chi connectivity index (χ3v) is 6.09. The second-order valence-electron chi connectivity index (χ2n) is 7.53. The number of fused-ring (bicyclic) bond motifs is 1. The Hall–Kier alpha value is -3.46. The number of hydrogen-bond donors (Lipinski definition) is 1. The minimum atomic E-state index is -0.854. The molecule has 0 aliphatic carbocycles. The van der Waals surface area contributed by atoms with Crippen molar-refractivity contribution in [3.05, 3.63) is 76.7 Å². The van der Waals surface area contributed by atoms with Crippen molar-refractivity contribution in [3.63, 3.8) is 0 Å². The summed E-state index contributed by atoms with van der Waals surface area (Å²) < 4.78 is 30.3. The van der Waals surface area contributed by atoms with Crippen LogP contribution in [0.4, 0.5) is 14.5 Å².